The minimum absolute atomic E-state index is 0.539. The minimum atomic E-state index is 0.539. The van der Waals surface area contributed by atoms with Crippen LogP contribution >= 0.6 is 11.3 Å². The maximum absolute atomic E-state index is 3.46. The van der Waals surface area contributed by atoms with Crippen LogP contribution < -0.4 is 5.32 Å². The number of nitrogens with one attached hydrogen (secondary N) is 1. The first kappa shape index (κ1) is 13.3. The van der Waals surface area contributed by atoms with Crippen molar-refractivity contribution in [2.75, 3.05) is 0 Å². The first-order chi connectivity index (χ1) is 8.54. The molecule has 1 aromatic heterocycles. The van der Waals surface area contributed by atoms with Gasteiger partial charge in [0.05, 0.1) is 0 Å². The van der Waals surface area contributed by atoms with Gasteiger partial charge in [-0.05, 0) is 31.5 Å². The summed E-state index contributed by atoms with van der Waals surface area (Å²) in [5.41, 5.74) is 4.01. The summed E-state index contributed by atoms with van der Waals surface area (Å²) in [7, 11) is 0. The summed E-state index contributed by atoms with van der Waals surface area (Å²) in [5, 5.41) is 3.46. The number of rotatable bonds is 4. The molecule has 1 N–H and O–H groups in total. The van der Waals surface area contributed by atoms with Crippen molar-refractivity contribution in [1.29, 1.82) is 0 Å². The van der Waals surface area contributed by atoms with Crippen LogP contribution in [0.5, 0.6) is 0 Å². The molecule has 0 saturated heterocycles. The number of aryl methyl sites for hydroxylation is 2. The van der Waals surface area contributed by atoms with Gasteiger partial charge in [-0.1, -0.05) is 43.2 Å². The third kappa shape index (κ3) is 3.44. The average Bonchev–Trinajstić information content (AvgIpc) is 2.73. The van der Waals surface area contributed by atoms with Crippen molar-refractivity contribution in [1.82, 2.24) is 5.32 Å². The second-order valence-electron chi connectivity index (χ2n) is 5.18. The summed E-state index contributed by atoms with van der Waals surface area (Å²) < 4.78 is 0. The Kier molecular flexibility index (Phi) is 4.20. The fraction of sp³-hybridized carbons (Fsp3) is 0.375. The van der Waals surface area contributed by atoms with Crippen LogP contribution in [0.1, 0.15) is 29.9 Å². The molecule has 2 aromatic rings. The molecule has 1 nitrogen and oxygen atoms in total. The summed E-state index contributed by atoms with van der Waals surface area (Å²) in [4.78, 5) is 2.76. The highest BCUT2D eigenvalue weighted by molar-refractivity contribution is 7.15. The van der Waals surface area contributed by atoms with Gasteiger partial charge in [0.15, 0.2) is 0 Å². The van der Waals surface area contributed by atoms with Crippen molar-refractivity contribution in [3.05, 3.63) is 46.3 Å². The van der Waals surface area contributed by atoms with Gasteiger partial charge < -0.3 is 5.32 Å². The molecule has 0 bridgehead atoms. The molecule has 0 amide bonds. The fourth-order valence-electron chi connectivity index (χ4n) is 2.05. The molecule has 0 aliphatic rings. The van der Waals surface area contributed by atoms with E-state index in [1.165, 1.54) is 26.4 Å². The molecular weight excluding hydrogens is 238 g/mol. The van der Waals surface area contributed by atoms with Gasteiger partial charge in [-0.3, -0.25) is 0 Å². The predicted octanol–water partition coefficient (Wildman–Crippen LogP) is 4.53. The maximum Gasteiger partial charge on any atom is 0.0346 e. The van der Waals surface area contributed by atoms with Crippen LogP contribution in [-0.4, -0.2) is 6.04 Å². The van der Waals surface area contributed by atoms with Crippen LogP contribution in [0.15, 0.2) is 30.3 Å². The first-order valence-electron chi connectivity index (χ1n) is 6.45. The molecular formula is C16H21NS. The highest BCUT2D eigenvalue weighted by Crippen LogP contribution is 2.29. The highest BCUT2D eigenvalue weighted by Gasteiger charge is 2.04. The predicted molar refractivity (Wildman–Crippen MR) is 81.2 cm³/mol. The van der Waals surface area contributed by atoms with E-state index in [0.717, 1.165) is 6.54 Å². The van der Waals surface area contributed by atoms with Crippen molar-refractivity contribution >= 4 is 11.3 Å². The van der Waals surface area contributed by atoms with Gasteiger partial charge in [0.2, 0.25) is 0 Å². The Balaban J connectivity index is 2.18. The van der Waals surface area contributed by atoms with Gasteiger partial charge in [-0.15, -0.1) is 11.3 Å². The minimum Gasteiger partial charge on any atom is -0.310 e. The molecule has 2 heteroatoms. The summed E-state index contributed by atoms with van der Waals surface area (Å²) in [6.45, 7) is 9.64. The second kappa shape index (κ2) is 5.68. The Morgan fingerprint density at radius 2 is 1.72 bits per heavy atom. The molecule has 0 radical (unpaired) electrons. The average molecular weight is 259 g/mol. The molecule has 1 aromatic carbocycles. The molecule has 0 fully saturated rings. The standard InChI is InChI=1S/C16H21NS/c1-11(2)17-10-15-5-6-16(18-15)14-8-12(3)7-13(4)9-14/h5-9,11,17H,10H2,1-4H3. The molecule has 1 heterocycles. The van der Waals surface area contributed by atoms with E-state index < -0.39 is 0 Å². The molecule has 0 aliphatic carbocycles. The van der Waals surface area contributed by atoms with Gasteiger partial charge in [-0.2, -0.15) is 0 Å². The number of benzene rings is 1. The smallest absolute Gasteiger partial charge is 0.0346 e. The molecule has 0 spiro atoms. The largest absolute Gasteiger partial charge is 0.310 e. The lowest BCUT2D eigenvalue weighted by Crippen LogP contribution is -2.21. The summed E-state index contributed by atoms with van der Waals surface area (Å²) in [5.74, 6) is 0. The van der Waals surface area contributed by atoms with E-state index in [1.54, 1.807) is 0 Å². The Labute approximate surface area is 114 Å². The third-order valence-corrected chi connectivity index (χ3v) is 3.99. The second-order valence-corrected chi connectivity index (χ2v) is 6.35. The summed E-state index contributed by atoms with van der Waals surface area (Å²) in [6, 6.07) is 11.7. The SMILES string of the molecule is Cc1cc(C)cc(-c2ccc(CNC(C)C)s2)c1. The zero-order valence-electron chi connectivity index (χ0n) is 11.6. The Morgan fingerprint density at radius 3 is 2.33 bits per heavy atom. The highest BCUT2D eigenvalue weighted by atomic mass is 32.1. The van der Waals surface area contributed by atoms with Gasteiger partial charge in [0.25, 0.3) is 0 Å². The first-order valence-corrected chi connectivity index (χ1v) is 7.27. The lowest BCUT2D eigenvalue weighted by atomic mass is 10.1. The van der Waals surface area contributed by atoms with Crippen molar-refractivity contribution < 1.29 is 0 Å². The zero-order chi connectivity index (χ0) is 13.1. The topological polar surface area (TPSA) is 12.0 Å². The van der Waals surface area contributed by atoms with Crippen LogP contribution in [0.3, 0.4) is 0 Å². The number of hydrogen-bond donors (Lipinski definition) is 1. The van der Waals surface area contributed by atoms with Crippen molar-refractivity contribution in [3.8, 4) is 10.4 Å². The van der Waals surface area contributed by atoms with E-state index in [0.29, 0.717) is 6.04 Å². The Hall–Kier alpha value is -1.12. The zero-order valence-corrected chi connectivity index (χ0v) is 12.4. The molecule has 96 valence electrons. The van der Waals surface area contributed by atoms with E-state index in [2.05, 4.69) is 63.3 Å². The molecule has 18 heavy (non-hydrogen) atoms. The number of thiophene rings is 1. The quantitative estimate of drug-likeness (QED) is 0.850. The third-order valence-electron chi connectivity index (χ3n) is 2.85. The van der Waals surface area contributed by atoms with E-state index in [4.69, 9.17) is 0 Å². The normalized spacial score (nSPS) is 11.2. The van der Waals surface area contributed by atoms with Crippen molar-refractivity contribution in [2.24, 2.45) is 0 Å². The fourth-order valence-corrected chi connectivity index (χ4v) is 3.00. The number of hydrogen-bond acceptors (Lipinski definition) is 2. The van der Waals surface area contributed by atoms with Crippen molar-refractivity contribution in [2.45, 2.75) is 40.3 Å². The lowest BCUT2D eigenvalue weighted by molar-refractivity contribution is 0.593. The van der Waals surface area contributed by atoms with E-state index in [-0.39, 0.29) is 0 Å². The monoisotopic (exact) mass is 259 g/mol. The Morgan fingerprint density at radius 1 is 1.06 bits per heavy atom. The van der Waals surface area contributed by atoms with Gasteiger partial charge in [0, 0.05) is 22.3 Å². The molecule has 2 rings (SSSR count). The van der Waals surface area contributed by atoms with E-state index in [1.807, 2.05) is 11.3 Å². The van der Waals surface area contributed by atoms with Crippen LogP contribution in [0.4, 0.5) is 0 Å². The molecule has 0 atom stereocenters. The lowest BCUT2D eigenvalue weighted by Gasteiger charge is -2.05. The Bertz CT molecular complexity index is 505. The van der Waals surface area contributed by atoms with Gasteiger partial charge >= 0.3 is 0 Å². The molecule has 0 saturated carbocycles. The summed E-state index contributed by atoms with van der Waals surface area (Å²) >= 11 is 1.88. The van der Waals surface area contributed by atoms with Crippen LogP contribution in [0, 0.1) is 13.8 Å². The molecule has 0 aliphatic heterocycles. The van der Waals surface area contributed by atoms with Crippen LogP contribution in [-0.2, 0) is 6.54 Å². The molecule has 0 unspecified atom stereocenters. The van der Waals surface area contributed by atoms with E-state index >= 15 is 0 Å². The van der Waals surface area contributed by atoms with Crippen molar-refractivity contribution in [3.63, 3.8) is 0 Å². The van der Waals surface area contributed by atoms with Crippen LogP contribution in [0.2, 0.25) is 0 Å². The van der Waals surface area contributed by atoms with Gasteiger partial charge in [-0.25, -0.2) is 0 Å². The van der Waals surface area contributed by atoms with Crippen LogP contribution in [0.25, 0.3) is 10.4 Å². The summed E-state index contributed by atoms with van der Waals surface area (Å²) in [6.07, 6.45) is 0. The maximum atomic E-state index is 3.46. The van der Waals surface area contributed by atoms with Gasteiger partial charge in [0.1, 0.15) is 0 Å². The van der Waals surface area contributed by atoms with E-state index in [9.17, 15) is 0 Å².